The van der Waals surface area contributed by atoms with Gasteiger partial charge in [-0.1, -0.05) is 0 Å². The van der Waals surface area contributed by atoms with Gasteiger partial charge in [0.2, 0.25) is 0 Å². The van der Waals surface area contributed by atoms with Crippen LogP contribution >= 0.6 is 0 Å². The zero-order valence-corrected chi connectivity index (χ0v) is 5.30. The quantitative estimate of drug-likeness (QED) is 0.521. The molecule has 3 heteroatoms. The lowest BCUT2D eigenvalue weighted by molar-refractivity contribution is -0.133. The fraction of sp³-hybridized carbons (Fsp3) is 0.833. The molecule has 9 heavy (non-hydrogen) atoms. The third kappa shape index (κ3) is 1.50. The van der Waals surface area contributed by atoms with Crippen molar-refractivity contribution in [3.63, 3.8) is 0 Å². The Morgan fingerprint density at radius 2 is 2.33 bits per heavy atom. The summed E-state index contributed by atoms with van der Waals surface area (Å²) in [5.74, 6) is 5.03. The van der Waals surface area contributed by atoms with Crippen LogP contribution in [0.15, 0.2) is 0 Å². The Morgan fingerprint density at radius 3 is 2.78 bits per heavy atom. The first-order chi connectivity index (χ1) is 4.34. The number of nitrogens with two attached hydrogens (primary N) is 1. The summed E-state index contributed by atoms with van der Waals surface area (Å²) in [6.07, 6.45) is 3.20. The first kappa shape index (κ1) is 6.71. The van der Waals surface area contributed by atoms with E-state index < -0.39 is 0 Å². The zero-order valence-electron chi connectivity index (χ0n) is 5.30. The number of Topliss-reactive ketones (excluding diaryl/α,β-unsaturated/α-hetero) is 1. The van der Waals surface area contributed by atoms with Gasteiger partial charge in [-0.05, 0) is 19.3 Å². The molecule has 1 saturated carbocycles. The summed E-state index contributed by atoms with van der Waals surface area (Å²) in [6.45, 7) is 0. The van der Waals surface area contributed by atoms with E-state index >= 15 is 0 Å². The summed E-state index contributed by atoms with van der Waals surface area (Å²) in [4.78, 5) is 15.3. The molecule has 0 aromatic heterocycles. The normalized spacial score (nSPS) is 28.6. The number of hydrogen-bond acceptors (Lipinski definition) is 3. The predicted octanol–water partition coefficient (Wildman–Crippen LogP) is 0.388. The van der Waals surface area contributed by atoms with E-state index in [2.05, 4.69) is 4.84 Å². The van der Waals surface area contributed by atoms with E-state index in [9.17, 15) is 4.79 Å². The SMILES string of the molecule is NOC1CCCCC1=O. The van der Waals surface area contributed by atoms with Crippen LogP contribution < -0.4 is 5.90 Å². The predicted molar refractivity (Wildman–Crippen MR) is 32.5 cm³/mol. The summed E-state index contributed by atoms with van der Waals surface area (Å²) in [5.41, 5.74) is 0. The van der Waals surface area contributed by atoms with Gasteiger partial charge in [-0.15, -0.1) is 0 Å². The van der Waals surface area contributed by atoms with Gasteiger partial charge in [-0.25, -0.2) is 5.90 Å². The lowest BCUT2D eigenvalue weighted by Gasteiger charge is -2.17. The summed E-state index contributed by atoms with van der Waals surface area (Å²) < 4.78 is 0. The van der Waals surface area contributed by atoms with Gasteiger partial charge in [0.1, 0.15) is 6.10 Å². The highest BCUT2D eigenvalue weighted by atomic mass is 16.6. The Bertz CT molecular complexity index is 114. The van der Waals surface area contributed by atoms with Gasteiger partial charge < -0.3 is 0 Å². The molecule has 1 atom stereocenters. The topological polar surface area (TPSA) is 52.3 Å². The van der Waals surface area contributed by atoms with Crippen molar-refractivity contribution < 1.29 is 9.63 Å². The van der Waals surface area contributed by atoms with Crippen molar-refractivity contribution >= 4 is 5.78 Å². The minimum absolute atomic E-state index is 0.156. The van der Waals surface area contributed by atoms with Crippen LogP contribution in [-0.2, 0) is 9.63 Å². The van der Waals surface area contributed by atoms with Gasteiger partial charge in [-0.2, -0.15) is 0 Å². The van der Waals surface area contributed by atoms with E-state index in [4.69, 9.17) is 5.90 Å². The number of ketones is 1. The average Bonchev–Trinajstić information content (AvgIpc) is 1.89. The second kappa shape index (κ2) is 2.94. The number of carbonyl (C=O) groups is 1. The Hall–Kier alpha value is -0.410. The van der Waals surface area contributed by atoms with Crippen molar-refractivity contribution in [1.29, 1.82) is 0 Å². The fourth-order valence-corrected chi connectivity index (χ4v) is 1.09. The molecule has 3 nitrogen and oxygen atoms in total. The highest BCUT2D eigenvalue weighted by Crippen LogP contribution is 2.15. The molecule has 0 aromatic rings. The standard InChI is InChI=1S/C6H11NO2/c7-9-6-4-2-1-3-5(6)8/h6H,1-4,7H2. The lowest BCUT2D eigenvalue weighted by Crippen LogP contribution is -2.29. The Kier molecular flexibility index (Phi) is 2.19. The molecule has 1 fully saturated rings. The van der Waals surface area contributed by atoms with Crippen molar-refractivity contribution in [2.24, 2.45) is 5.90 Å². The minimum atomic E-state index is -0.307. The summed E-state index contributed by atoms with van der Waals surface area (Å²) >= 11 is 0. The molecular weight excluding hydrogens is 118 g/mol. The molecule has 1 aliphatic rings. The molecule has 1 rings (SSSR count). The summed E-state index contributed by atoms with van der Waals surface area (Å²) in [5, 5.41) is 0. The molecule has 0 spiro atoms. The van der Waals surface area contributed by atoms with Crippen LogP contribution in [0, 0.1) is 0 Å². The molecule has 0 radical (unpaired) electrons. The van der Waals surface area contributed by atoms with E-state index in [-0.39, 0.29) is 11.9 Å². The van der Waals surface area contributed by atoms with Crippen molar-refractivity contribution in [2.75, 3.05) is 0 Å². The monoisotopic (exact) mass is 129 g/mol. The molecule has 0 amide bonds. The molecule has 0 heterocycles. The van der Waals surface area contributed by atoms with E-state index in [0.29, 0.717) is 6.42 Å². The van der Waals surface area contributed by atoms with Gasteiger partial charge in [0.05, 0.1) is 0 Å². The van der Waals surface area contributed by atoms with Crippen LogP contribution in [0.25, 0.3) is 0 Å². The first-order valence-corrected chi connectivity index (χ1v) is 3.23. The van der Waals surface area contributed by atoms with Crippen molar-refractivity contribution in [1.82, 2.24) is 0 Å². The second-order valence-corrected chi connectivity index (χ2v) is 2.34. The zero-order chi connectivity index (χ0) is 6.69. The van der Waals surface area contributed by atoms with Crippen LogP contribution in [0.2, 0.25) is 0 Å². The maximum Gasteiger partial charge on any atom is 0.163 e. The van der Waals surface area contributed by atoms with Crippen molar-refractivity contribution in [2.45, 2.75) is 31.8 Å². The second-order valence-electron chi connectivity index (χ2n) is 2.34. The lowest BCUT2D eigenvalue weighted by atomic mass is 9.97. The van der Waals surface area contributed by atoms with Gasteiger partial charge in [0.25, 0.3) is 0 Å². The van der Waals surface area contributed by atoms with Crippen LogP contribution in [0.3, 0.4) is 0 Å². The van der Waals surface area contributed by atoms with Crippen molar-refractivity contribution in [3.8, 4) is 0 Å². The molecular formula is C6H11NO2. The average molecular weight is 129 g/mol. The van der Waals surface area contributed by atoms with Gasteiger partial charge >= 0.3 is 0 Å². The van der Waals surface area contributed by atoms with E-state index in [0.717, 1.165) is 19.3 Å². The van der Waals surface area contributed by atoms with Crippen LogP contribution in [-0.4, -0.2) is 11.9 Å². The first-order valence-electron chi connectivity index (χ1n) is 3.23. The summed E-state index contributed by atoms with van der Waals surface area (Å²) in [7, 11) is 0. The molecule has 0 aliphatic heterocycles. The number of carbonyl (C=O) groups excluding carboxylic acids is 1. The van der Waals surface area contributed by atoms with E-state index in [1.165, 1.54) is 0 Å². The number of hydrogen-bond donors (Lipinski definition) is 1. The van der Waals surface area contributed by atoms with Gasteiger partial charge in [-0.3, -0.25) is 9.63 Å². The van der Waals surface area contributed by atoms with Crippen LogP contribution in [0.4, 0.5) is 0 Å². The molecule has 1 unspecified atom stereocenters. The summed E-state index contributed by atoms with van der Waals surface area (Å²) in [6, 6.07) is 0. The fourth-order valence-electron chi connectivity index (χ4n) is 1.09. The third-order valence-electron chi connectivity index (χ3n) is 1.66. The Labute approximate surface area is 54.1 Å². The van der Waals surface area contributed by atoms with E-state index in [1.54, 1.807) is 0 Å². The number of rotatable bonds is 1. The molecule has 2 N–H and O–H groups in total. The van der Waals surface area contributed by atoms with Crippen LogP contribution in [0.1, 0.15) is 25.7 Å². The van der Waals surface area contributed by atoms with Gasteiger partial charge in [0.15, 0.2) is 5.78 Å². The molecule has 0 bridgehead atoms. The highest BCUT2D eigenvalue weighted by Gasteiger charge is 2.21. The maximum absolute atomic E-state index is 10.8. The molecule has 1 aliphatic carbocycles. The minimum Gasteiger partial charge on any atom is -0.297 e. The van der Waals surface area contributed by atoms with Gasteiger partial charge in [0, 0.05) is 6.42 Å². The molecule has 0 aromatic carbocycles. The highest BCUT2D eigenvalue weighted by molar-refractivity contribution is 5.83. The Balaban J connectivity index is 2.39. The molecule has 52 valence electrons. The third-order valence-corrected chi connectivity index (χ3v) is 1.66. The van der Waals surface area contributed by atoms with Crippen molar-refractivity contribution in [3.05, 3.63) is 0 Å². The Morgan fingerprint density at radius 1 is 1.56 bits per heavy atom. The molecule has 0 saturated heterocycles. The maximum atomic E-state index is 10.8. The van der Waals surface area contributed by atoms with Crippen LogP contribution in [0.5, 0.6) is 0 Å². The smallest absolute Gasteiger partial charge is 0.163 e. The largest absolute Gasteiger partial charge is 0.297 e. The van der Waals surface area contributed by atoms with E-state index in [1.807, 2.05) is 0 Å².